The number of anilines is 1. The molecule has 39 heavy (non-hydrogen) atoms. The maximum absolute atomic E-state index is 13.9. The Labute approximate surface area is 234 Å². The lowest BCUT2D eigenvalue weighted by atomic mass is 9.69. The number of carbonyl (C=O) groups excluding carboxylic acids is 1. The summed E-state index contributed by atoms with van der Waals surface area (Å²) >= 11 is 0. The van der Waals surface area contributed by atoms with E-state index < -0.39 is 21.5 Å². The number of carbonyl (C=O) groups is 1. The molecule has 5 rings (SSSR count). The van der Waals surface area contributed by atoms with Crippen molar-refractivity contribution in [2.45, 2.75) is 71.0 Å². The average Bonchev–Trinajstić information content (AvgIpc) is 3.27. The minimum atomic E-state index is -3.53. The number of nitrogens with zero attached hydrogens (tertiary/aromatic N) is 2. The van der Waals surface area contributed by atoms with E-state index in [1.54, 1.807) is 4.31 Å². The van der Waals surface area contributed by atoms with Crippen LogP contribution in [0.2, 0.25) is 0 Å². The van der Waals surface area contributed by atoms with Gasteiger partial charge in [-0.05, 0) is 75.1 Å². The fraction of sp³-hybridized carbons (Fsp3) is 0.759. The minimum Gasteiger partial charge on any atom is -0.394 e. The molecule has 4 N–H and O–H groups in total. The van der Waals surface area contributed by atoms with Crippen LogP contribution in [0.4, 0.5) is 5.69 Å². The van der Waals surface area contributed by atoms with Crippen molar-refractivity contribution in [3.8, 4) is 0 Å². The summed E-state index contributed by atoms with van der Waals surface area (Å²) < 4.78 is 29.6. The van der Waals surface area contributed by atoms with Gasteiger partial charge in [0.25, 0.3) is 0 Å². The lowest BCUT2D eigenvalue weighted by molar-refractivity contribution is -0.126. The molecule has 2 aliphatic heterocycles. The third-order valence-electron chi connectivity index (χ3n) is 10.5. The van der Waals surface area contributed by atoms with Gasteiger partial charge >= 0.3 is 0 Å². The second-order valence-electron chi connectivity index (χ2n) is 12.8. The van der Waals surface area contributed by atoms with Gasteiger partial charge in [0.15, 0.2) is 0 Å². The molecule has 0 spiro atoms. The highest BCUT2D eigenvalue weighted by Gasteiger charge is 2.66. The Hall–Kier alpha value is -1.72. The summed E-state index contributed by atoms with van der Waals surface area (Å²) in [6.07, 6.45) is 4.42. The summed E-state index contributed by atoms with van der Waals surface area (Å²) in [6, 6.07) is 7.54. The van der Waals surface area contributed by atoms with Crippen molar-refractivity contribution in [1.82, 2.24) is 20.3 Å². The van der Waals surface area contributed by atoms with Crippen LogP contribution in [-0.4, -0.2) is 93.5 Å². The molecule has 2 bridgehead atoms. The number of fused-ring (bicyclic) bond motifs is 2. The fourth-order valence-corrected chi connectivity index (χ4v) is 10.2. The quantitative estimate of drug-likeness (QED) is 0.361. The van der Waals surface area contributed by atoms with Gasteiger partial charge in [0.05, 0.1) is 12.4 Å². The molecule has 218 valence electrons. The zero-order chi connectivity index (χ0) is 27.8. The summed E-state index contributed by atoms with van der Waals surface area (Å²) in [5, 5.41) is 19.9. The number of hydrogen-bond acceptors (Lipinski definition) is 7. The highest BCUT2D eigenvalue weighted by Crippen LogP contribution is 2.66. The van der Waals surface area contributed by atoms with Crippen LogP contribution in [0.25, 0.3) is 0 Å². The van der Waals surface area contributed by atoms with Crippen molar-refractivity contribution in [3.63, 3.8) is 0 Å². The van der Waals surface area contributed by atoms with Crippen LogP contribution in [0.5, 0.6) is 0 Å². The number of piperidine rings is 1. The number of aryl methyl sites for hydroxylation is 1. The summed E-state index contributed by atoms with van der Waals surface area (Å²) in [6.45, 7) is 10.3. The number of rotatable bonds is 9. The van der Waals surface area contributed by atoms with Crippen LogP contribution in [0.3, 0.4) is 0 Å². The Morgan fingerprint density at radius 2 is 1.82 bits per heavy atom. The molecule has 0 radical (unpaired) electrons. The van der Waals surface area contributed by atoms with Gasteiger partial charge in [0.1, 0.15) is 6.04 Å². The Kier molecular flexibility index (Phi) is 8.33. The van der Waals surface area contributed by atoms with Gasteiger partial charge in [-0.25, -0.2) is 8.42 Å². The molecule has 10 heteroatoms. The molecular weight excluding hydrogens is 514 g/mol. The predicted molar refractivity (Wildman–Crippen MR) is 154 cm³/mol. The van der Waals surface area contributed by atoms with E-state index >= 15 is 0 Å². The number of sulfonamides is 1. The van der Waals surface area contributed by atoms with Gasteiger partial charge in [-0.15, -0.1) is 0 Å². The maximum atomic E-state index is 13.9. The molecule has 4 atom stereocenters. The average molecular weight is 562 g/mol. The zero-order valence-corrected chi connectivity index (χ0v) is 24.6. The summed E-state index contributed by atoms with van der Waals surface area (Å²) in [7, 11) is -3.53. The minimum absolute atomic E-state index is 0.0598. The fourth-order valence-electron chi connectivity index (χ4n) is 7.92. The first-order valence-electron chi connectivity index (χ1n) is 14.7. The first-order valence-corrected chi connectivity index (χ1v) is 16.3. The summed E-state index contributed by atoms with van der Waals surface area (Å²) in [5.41, 5.74) is 1.65. The van der Waals surface area contributed by atoms with Crippen LogP contribution in [0.1, 0.15) is 51.5 Å². The second-order valence-corrected chi connectivity index (χ2v) is 14.7. The molecule has 2 heterocycles. The monoisotopic (exact) mass is 561 g/mol. The largest absolute Gasteiger partial charge is 0.394 e. The molecule has 0 aromatic heterocycles. The molecular formula is C29H47N5O4S. The smallest absolute Gasteiger partial charge is 0.239 e. The number of aliphatic hydroxyl groups is 1. The zero-order valence-electron chi connectivity index (χ0n) is 23.8. The van der Waals surface area contributed by atoms with Gasteiger partial charge < -0.3 is 26.0 Å². The van der Waals surface area contributed by atoms with Gasteiger partial charge in [-0.1, -0.05) is 32.0 Å². The number of para-hydroxylation sites is 1. The SMILES string of the molecule is Cc1ccccc1N1CCN(S(=O)(=O)CC23CCC(CC2NC(=O)[C@H](CO)NC2CCNCC2)C3(C)C)CC1. The second kappa shape index (κ2) is 11.3. The van der Waals surface area contributed by atoms with Gasteiger partial charge in [-0.3, -0.25) is 4.79 Å². The predicted octanol–water partition coefficient (Wildman–Crippen LogP) is 1.46. The molecule has 1 aromatic carbocycles. The molecule has 3 unspecified atom stereocenters. The molecule has 4 fully saturated rings. The number of aliphatic hydroxyl groups excluding tert-OH is 1. The molecule has 2 saturated heterocycles. The number of amides is 1. The van der Waals surface area contributed by atoms with E-state index in [-0.39, 0.29) is 35.8 Å². The van der Waals surface area contributed by atoms with Crippen molar-refractivity contribution in [2.24, 2.45) is 16.7 Å². The van der Waals surface area contributed by atoms with Crippen molar-refractivity contribution >= 4 is 21.6 Å². The van der Waals surface area contributed by atoms with Crippen molar-refractivity contribution in [3.05, 3.63) is 29.8 Å². The van der Waals surface area contributed by atoms with E-state index in [1.165, 1.54) is 11.3 Å². The topological polar surface area (TPSA) is 114 Å². The Balaban J connectivity index is 1.27. The van der Waals surface area contributed by atoms with Crippen LogP contribution in [-0.2, 0) is 14.8 Å². The lowest BCUT2D eigenvalue weighted by Gasteiger charge is -2.44. The standard InChI is InChI=1S/C29H47N5O4S/c1-21-6-4-5-7-25(21)33-14-16-34(17-15-33)39(37,38)20-29-11-8-22(28(29,2)3)18-26(29)32-27(36)24(19-35)31-23-9-12-30-13-10-23/h4-7,22-24,26,30-31,35H,8-20H2,1-3H3,(H,32,36)/t22?,24-,26?,29?/m0/s1. The normalized spacial score (nSPS) is 30.4. The first kappa shape index (κ1) is 28.8. The molecule has 1 aromatic rings. The molecule has 4 aliphatic rings. The van der Waals surface area contributed by atoms with Crippen molar-refractivity contribution < 1.29 is 18.3 Å². The van der Waals surface area contributed by atoms with Gasteiger partial charge in [-0.2, -0.15) is 4.31 Å². The van der Waals surface area contributed by atoms with Crippen molar-refractivity contribution in [1.29, 1.82) is 0 Å². The van der Waals surface area contributed by atoms with E-state index in [0.717, 1.165) is 45.2 Å². The highest BCUT2D eigenvalue weighted by atomic mass is 32.2. The number of nitrogens with one attached hydrogen (secondary N) is 3. The van der Waals surface area contributed by atoms with Crippen LogP contribution >= 0.6 is 0 Å². The lowest BCUT2D eigenvalue weighted by Crippen LogP contribution is -2.59. The van der Waals surface area contributed by atoms with Crippen molar-refractivity contribution in [2.75, 3.05) is 56.5 Å². The highest BCUT2D eigenvalue weighted by molar-refractivity contribution is 7.89. The third-order valence-corrected chi connectivity index (χ3v) is 12.6. The number of hydrogen-bond donors (Lipinski definition) is 4. The van der Waals surface area contributed by atoms with Gasteiger partial charge in [0, 0.05) is 49.4 Å². The maximum Gasteiger partial charge on any atom is 0.239 e. The van der Waals surface area contributed by atoms with E-state index in [4.69, 9.17) is 0 Å². The van der Waals surface area contributed by atoms with Gasteiger partial charge in [0.2, 0.25) is 15.9 Å². The first-order chi connectivity index (χ1) is 18.6. The molecule has 2 saturated carbocycles. The molecule has 1 amide bonds. The summed E-state index contributed by atoms with van der Waals surface area (Å²) in [4.78, 5) is 15.7. The molecule has 9 nitrogen and oxygen atoms in total. The summed E-state index contributed by atoms with van der Waals surface area (Å²) in [5.74, 6) is 0.221. The van der Waals surface area contributed by atoms with E-state index in [9.17, 15) is 18.3 Å². The van der Waals surface area contributed by atoms with E-state index in [2.05, 4.69) is 53.8 Å². The van der Waals surface area contributed by atoms with Crippen LogP contribution < -0.4 is 20.9 Å². The van der Waals surface area contributed by atoms with E-state index in [0.29, 0.717) is 32.1 Å². The van der Waals surface area contributed by atoms with Crippen LogP contribution in [0, 0.1) is 23.7 Å². The Morgan fingerprint density at radius 1 is 1.13 bits per heavy atom. The third kappa shape index (κ3) is 5.47. The number of piperazine rings is 1. The van der Waals surface area contributed by atoms with E-state index in [1.807, 2.05) is 12.1 Å². The Morgan fingerprint density at radius 3 is 2.46 bits per heavy atom. The molecule has 2 aliphatic carbocycles. The van der Waals surface area contributed by atoms with Crippen LogP contribution in [0.15, 0.2) is 24.3 Å². The number of benzene rings is 1. The Bertz CT molecular complexity index is 1130.